The van der Waals surface area contributed by atoms with E-state index in [0.717, 1.165) is 4.88 Å². The lowest BCUT2D eigenvalue weighted by atomic mass is 10.2. The molecule has 0 fully saturated rings. The molecule has 2 rings (SSSR count). The molecule has 2 N–H and O–H groups in total. The number of hydrogen-bond donors (Lipinski definition) is 2. The fourth-order valence-corrected chi connectivity index (χ4v) is 2.24. The van der Waals surface area contributed by atoms with Crippen molar-refractivity contribution in [3.05, 3.63) is 40.6 Å². The van der Waals surface area contributed by atoms with Gasteiger partial charge in [-0.15, -0.1) is 11.3 Å². The van der Waals surface area contributed by atoms with Gasteiger partial charge in [0.15, 0.2) is 0 Å². The molecule has 90 valence electrons. The molecule has 0 saturated heterocycles. The number of carbonyl (C=O) groups is 1. The number of carboxylic acids is 1. The van der Waals surface area contributed by atoms with Crippen LogP contribution in [0, 0.1) is 0 Å². The normalized spacial score (nSPS) is 12.5. The summed E-state index contributed by atoms with van der Waals surface area (Å²) < 4.78 is 1.71. The number of aryl methyl sites for hydroxylation is 1. The maximum atomic E-state index is 11.2. The van der Waals surface area contributed by atoms with Crippen molar-refractivity contribution in [1.82, 2.24) is 14.9 Å². The summed E-state index contributed by atoms with van der Waals surface area (Å²) in [5, 5.41) is 14.2. The Labute approximate surface area is 103 Å². The first-order valence-corrected chi connectivity index (χ1v) is 6.01. The molecular weight excluding hydrogens is 238 g/mol. The average Bonchev–Trinajstić information content (AvgIpc) is 2.91. The van der Waals surface area contributed by atoms with Crippen LogP contribution in [0.1, 0.15) is 16.6 Å². The minimum absolute atomic E-state index is 0.541. The van der Waals surface area contributed by atoms with Crippen molar-refractivity contribution in [3.63, 3.8) is 0 Å². The Balaban J connectivity index is 2.09. The first-order chi connectivity index (χ1) is 8.18. The van der Waals surface area contributed by atoms with Crippen LogP contribution in [0.3, 0.4) is 0 Å². The first kappa shape index (κ1) is 11.8. The van der Waals surface area contributed by atoms with Gasteiger partial charge in [-0.2, -0.15) is 0 Å². The van der Waals surface area contributed by atoms with E-state index < -0.39 is 12.0 Å². The van der Waals surface area contributed by atoms with Crippen molar-refractivity contribution in [2.45, 2.75) is 12.6 Å². The zero-order chi connectivity index (χ0) is 12.3. The third-order valence-corrected chi connectivity index (χ3v) is 3.33. The summed E-state index contributed by atoms with van der Waals surface area (Å²) in [6.45, 7) is 0.541. The second-order valence-electron chi connectivity index (χ2n) is 3.66. The van der Waals surface area contributed by atoms with Gasteiger partial charge in [0, 0.05) is 18.5 Å². The Hall–Kier alpha value is -1.66. The monoisotopic (exact) mass is 251 g/mol. The molecule has 2 aromatic rings. The van der Waals surface area contributed by atoms with Crippen molar-refractivity contribution in [3.8, 4) is 0 Å². The number of aliphatic carboxylic acids is 1. The number of nitrogens with zero attached hydrogens (tertiary/aromatic N) is 2. The summed E-state index contributed by atoms with van der Waals surface area (Å²) in [5.74, 6) is -0.898. The molecule has 2 heterocycles. The van der Waals surface area contributed by atoms with Gasteiger partial charge in [0.25, 0.3) is 0 Å². The molecule has 0 aliphatic carbocycles. The summed E-state index contributed by atoms with van der Waals surface area (Å²) in [5.41, 5.74) is 0.647. The van der Waals surface area contributed by atoms with Crippen molar-refractivity contribution >= 4 is 17.3 Å². The number of aromatic nitrogens is 2. The minimum Gasteiger partial charge on any atom is -0.480 e. The Bertz CT molecular complexity index is 493. The van der Waals surface area contributed by atoms with Gasteiger partial charge in [0.2, 0.25) is 0 Å². The Morgan fingerprint density at radius 2 is 2.53 bits per heavy atom. The van der Waals surface area contributed by atoms with Gasteiger partial charge in [0.05, 0.1) is 18.2 Å². The summed E-state index contributed by atoms with van der Waals surface area (Å²) in [6, 6.07) is 3.19. The lowest BCUT2D eigenvalue weighted by Gasteiger charge is -2.14. The molecule has 0 saturated carbocycles. The van der Waals surface area contributed by atoms with Gasteiger partial charge in [-0.3, -0.25) is 10.1 Å². The zero-order valence-electron chi connectivity index (χ0n) is 9.33. The largest absolute Gasteiger partial charge is 0.480 e. The van der Waals surface area contributed by atoms with Gasteiger partial charge in [-0.1, -0.05) is 6.07 Å². The Kier molecular flexibility index (Phi) is 3.55. The highest BCUT2D eigenvalue weighted by Crippen LogP contribution is 2.14. The molecule has 1 unspecified atom stereocenters. The molecule has 0 spiro atoms. The van der Waals surface area contributed by atoms with Crippen LogP contribution in [-0.4, -0.2) is 20.6 Å². The second-order valence-corrected chi connectivity index (χ2v) is 4.69. The van der Waals surface area contributed by atoms with Crippen LogP contribution in [0.15, 0.2) is 30.0 Å². The molecular formula is C11H13N3O2S. The maximum Gasteiger partial charge on any atom is 0.326 e. The SMILES string of the molecule is Cn1cncc1C(NCc1cccs1)C(=O)O. The molecule has 0 aromatic carbocycles. The van der Waals surface area contributed by atoms with Crippen molar-refractivity contribution in [1.29, 1.82) is 0 Å². The van der Waals surface area contributed by atoms with Gasteiger partial charge >= 0.3 is 5.97 Å². The standard InChI is InChI=1S/C11H13N3O2S/c1-14-7-12-6-9(14)10(11(15)16)13-5-8-3-2-4-17-8/h2-4,6-7,10,13H,5H2,1H3,(H,15,16). The average molecular weight is 251 g/mol. The molecule has 1 atom stereocenters. The van der Waals surface area contributed by atoms with Crippen molar-refractivity contribution < 1.29 is 9.90 Å². The number of hydrogen-bond acceptors (Lipinski definition) is 4. The van der Waals surface area contributed by atoms with E-state index in [1.165, 1.54) is 0 Å². The Morgan fingerprint density at radius 1 is 1.71 bits per heavy atom. The fraction of sp³-hybridized carbons (Fsp3) is 0.273. The lowest BCUT2D eigenvalue weighted by molar-refractivity contribution is -0.139. The summed E-state index contributed by atoms with van der Waals surface area (Å²) in [7, 11) is 1.78. The van der Waals surface area contributed by atoms with E-state index in [9.17, 15) is 9.90 Å². The molecule has 0 aliphatic heterocycles. The predicted octanol–water partition coefficient (Wildman–Crippen LogP) is 1.40. The van der Waals surface area contributed by atoms with E-state index >= 15 is 0 Å². The number of imidazole rings is 1. The fourth-order valence-electron chi connectivity index (χ4n) is 1.58. The molecule has 2 aromatic heterocycles. The number of nitrogens with one attached hydrogen (secondary N) is 1. The van der Waals surface area contributed by atoms with E-state index in [-0.39, 0.29) is 0 Å². The second kappa shape index (κ2) is 5.11. The van der Waals surface area contributed by atoms with Crippen LogP contribution >= 0.6 is 11.3 Å². The molecule has 5 nitrogen and oxygen atoms in total. The van der Waals surface area contributed by atoms with Crippen molar-refractivity contribution in [2.75, 3.05) is 0 Å². The van der Waals surface area contributed by atoms with Crippen LogP contribution < -0.4 is 5.32 Å². The molecule has 0 bridgehead atoms. The summed E-state index contributed by atoms with van der Waals surface area (Å²) in [4.78, 5) is 16.3. The first-order valence-electron chi connectivity index (χ1n) is 5.13. The van der Waals surface area contributed by atoms with Gasteiger partial charge in [0.1, 0.15) is 6.04 Å². The molecule has 0 radical (unpaired) electrons. The predicted molar refractivity (Wildman–Crippen MR) is 64.7 cm³/mol. The quantitative estimate of drug-likeness (QED) is 0.843. The highest BCUT2D eigenvalue weighted by atomic mass is 32.1. The van der Waals surface area contributed by atoms with E-state index in [0.29, 0.717) is 12.2 Å². The summed E-state index contributed by atoms with van der Waals surface area (Å²) in [6.07, 6.45) is 3.16. The molecule has 17 heavy (non-hydrogen) atoms. The smallest absolute Gasteiger partial charge is 0.326 e. The minimum atomic E-state index is -0.898. The van der Waals surface area contributed by atoms with E-state index in [4.69, 9.17) is 0 Å². The van der Waals surface area contributed by atoms with Crippen molar-refractivity contribution in [2.24, 2.45) is 7.05 Å². The highest BCUT2D eigenvalue weighted by molar-refractivity contribution is 7.09. The van der Waals surface area contributed by atoms with Crippen LogP contribution in [0.2, 0.25) is 0 Å². The van der Waals surface area contributed by atoms with Crippen LogP contribution in [0.4, 0.5) is 0 Å². The van der Waals surface area contributed by atoms with Crippen LogP contribution in [0.25, 0.3) is 0 Å². The highest BCUT2D eigenvalue weighted by Gasteiger charge is 2.21. The molecule has 6 heteroatoms. The third kappa shape index (κ3) is 2.72. The van der Waals surface area contributed by atoms with Gasteiger partial charge in [-0.25, -0.2) is 4.98 Å². The topological polar surface area (TPSA) is 67.2 Å². The van der Waals surface area contributed by atoms with Crippen LogP contribution in [-0.2, 0) is 18.4 Å². The zero-order valence-corrected chi connectivity index (χ0v) is 10.1. The van der Waals surface area contributed by atoms with E-state index in [1.54, 1.807) is 35.5 Å². The number of carboxylic acid groups (broad SMARTS) is 1. The van der Waals surface area contributed by atoms with E-state index in [1.807, 2.05) is 17.5 Å². The van der Waals surface area contributed by atoms with Gasteiger partial charge < -0.3 is 9.67 Å². The lowest BCUT2D eigenvalue weighted by Crippen LogP contribution is -2.29. The third-order valence-electron chi connectivity index (χ3n) is 2.46. The number of rotatable bonds is 5. The molecule has 0 amide bonds. The van der Waals surface area contributed by atoms with E-state index in [2.05, 4.69) is 10.3 Å². The van der Waals surface area contributed by atoms with Gasteiger partial charge in [-0.05, 0) is 11.4 Å². The molecule has 0 aliphatic rings. The maximum absolute atomic E-state index is 11.2. The van der Waals surface area contributed by atoms with Crippen LogP contribution in [0.5, 0.6) is 0 Å². The number of thiophene rings is 1. The summed E-state index contributed by atoms with van der Waals surface area (Å²) >= 11 is 1.60. The Morgan fingerprint density at radius 3 is 3.06 bits per heavy atom.